The van der Waals surface area contributed by atoms with Crippen LogP contribution >= 0.6 is 0 Å². The lowest BCUT2D eigenvalue weighted by molar-refractivity contribution is 0.460. The van der Waals surface area contributed by atoms with E-state index >= 15 is 0 Å². The highest BCUT2D eigenvalue weighted by molar-refractivity contribution is 5.79. The van der Waals surface area contributed by atoms with Crippen LogP contribution in [0.3, 0.4) is 0 Å². The van der Waals surface area contributed by atoms with Gasteiger partial charge in [-0.2, -0.15) is 0 Å². The molecule has 3 aromatic rings. The monoisotopic (exact) mass is 319 g/mol. The van der Waals surface area contributed by atoms with Gasteiger partial charge in [-0.15, -0.1) is 0 Å². The molecule has 1 aliphatic rings. The van der Waals surface area contributed by atoms with Crippen LogP contribution in [0.25, 0.3) is 16.6 Å². The van der Waals surface area contributed by atoms with Gasteiger partial charge in [0.1, 0.15) is 0 Å². The molecule has 1 fully saturated rings. The normalized spacial score (nSPS) is 15.5. The molecule has 1 heterocycles. The molecule has 0 radical (unpaired) electrons. The van der Waals surface area contributed by atoms with Gasteiger partial charge in [-0.05, 0) is 37.1 Å². The third kappa shape index (κ3) is 2.80. The van der Waals surface area contributed by atoms with Crippen molar-refractivity contribution in [2.24, 2.45) is 0 Å². The summed E-state index contributed by atoms with van der Waals surface area (Å²) in [6.45, 7) is 0. The fourth-order valence-corrected chi connectivity index (χ4v) is 3.48. The Morgan fingerprint density at radius 3 is 2.42 bits per heavy atom. The Hall–Kier alpha value is -2.62. The standard InChI is InChI=1S/C20H21N3O/c24-19-17-13-7-8-14-18(17)22-20(21-15-9-3-1-4-10-15)23(19)16-11-5-2-6-12-16/h2,5-8,11-15H,1,3-4,9-10H2,(H,21,22). The molecule has 0 spiro atoms. The second-order valence-corrected chi connectivity index (χ2v) is 6.41. The number of hydrogen-bond acceptors (Lipinski definition) is 3. The van der Waals surface area contributed by atoms with Crippen molar-refractivity contribution < 1.29 is 0 Å². The number of aromatic nitrogens is 2. The molecule has 0 aliphatic heterocycles. The predicted octanol–water partition coefficient (Wildman–Crippen LogP) is 4.13. The number of nitrogens with zero attached hydrogens (tertiary/aromatic N) is 2. The maximum Gasteiger partial charge on any atom is 0.267 e. The first kappa shape index (κ1) is 14.9. The van der Waals surface area contributed by atoms with Crippen molar-refractivity contribution in [1.29, 1.82) is 0 Å². The van der Waals surface area contributed by atoms with Gasteiger partial charge in [0.25, 0.3) is 5.56 Å². The summed E-state index contributed by atoms with van der Waals surface area (Å²) in [4.78, 5) is 17.8. The molecule has 122 valence electrons. The maximum absolute atomic E-state index is 13.1. The highest BCUT2D eigenvalue weighted by atomic mass is 16.1. The van der Waals surface area contributed by atoms with Crippen LogP contribution in [0.1, 0.15) is 32.1 Å². The lowest BCUT2D eigenvalue weighted by Gasteiger charge is -2.25. The van der Waals surface area contributed by atoms with E-state index in [1.54, 1.807) is 4.57 Å². The molecular formula is C20H21N3O. The first-order valence-electron chi connectivity index (χ1n) is 8.67. The van der Waals surface area contributed by atoms with E-state index in [1.807, 2.05) is 54.6 Å². The van der Waals surface area contributed by atoms with E-state index in [0.717, 1.165) is 24.0 Å². The number of para-hydroxylation sites is 2. The third-order valence-corrected chi connectivity index (χ3v) is 4.73. The van der Waals surface area contributed by atoms with Crippen LogP contribution in [0.4, 0.5) is 5.95 Å². The highest BCUT2D eigenvalue weighted by Crippen LogP contribution is 2.23. The summed E-state index contributed by atoms with van der Waals surface area (Å²) in [7, 11) is 0. The van der Waals surface area contributed by atoms with Crippen molar-refractivity contribution in [3.8, 4) is 5.69 Å². The molecule has 4 nitrogen and oxygen atoms in total. The van der Waals surface area contributed by atoms with Crippen LogP contribution in [0.15, 0.2) is 59.4 Å². The van der Waals surface area contributed by atoms with Gasteiger partial charge in [0.05, 0.1) is 16.6 Å². The Kier molecular flexibility index (Phi) is 4.03. The zero-order valence-corrected chi connectivity index (χ0v) is 13.6. The van der Waals surface area contributed by atoms with Crippen molar-refractivity contribution in [2.45, 2.75) is 38.1 Å². The second kappa shape index (κ2) is 6.48. The number of hydrogen-bond donors (Lipinski definition) is 1. The molecule has 1 N–H and O–H groups in total. The Bertz CT molecular complexity index is 896. The van der Waals surface area contributed by atoms with Crippen molar-refractivity contribution >= 4 is 16.9 Å². The number of fused-ring (bicyclic) bond motifs is 1. The Morgan fingerprint density at radius 2 is 1.62 bits per heavy atom. The molecule has 0 atom stereocenters. The zero-order chi connectivity index (χ0) is 16.4. The van der Waals surface area contributed by atoms with E-state index in [1.165, 1.54) is 19.3 Å². The largest absolute Gasteiger partial charge is 0.353 e. The third-order valence-electron chi connectivity index (χ3n) is 4.73. The average Bonchev–Trinajstić information content (AvgIpc) is 2.64. The van der Waals surface area contributed by atoms with Gasteiger partial charge in [0.2, 0.25) is 5.95 Å². The molecule has 0 unspecified atom stereocenters. The Balaban J connectivity index is 1.88. The Morgan fingerprint density at radius 1 is 0.917 bits per heavy atom. The van der Waals surface area contributed by atoms with Crippen LogP contribution in [0, 0.1) is 0 Å². The van der Waals surface area contributed by atoms with E-state index in [9.17, 15) is 4.79 Å². The number of anilines is 1. The minimum Gasteiger partial charge on any atom is -0.353 e. The van der Waals surface area contributed by atoms with Crippen molar-refractivity contribution in [1.82, 2.24) is 9.55 Å². The van der Waals surface area contributed by atoms with Gasteiger partial charge < -0.3 is 5.32 Å². The fourth-order valence-electron chi connectivity index (χ4n) is 3.48. The van der Waals surface area contributed by atoms with Gasteiger partial charge >= 0.3 is 0 Å². The molecule has 2 aromatic carbocycles. The maximum atomic E-state index is 13.1. The van der Waals surface area contributed by atoms with Crippen LogP contribution in [-0.4, -0.2) is 15.6 Å². The first-order chi connectivity index (χ1) is 11.8. The predicted molar refractivity (Wildman–Crippen MR) is 97.8 cm³/mol. The smallest absolute Gasteiger partial charge is 0.267 e. The van der Waals surface area contributed by atoms with Gasteiger partial charge in [-0.25, -0.2) is 9.55 Å². The number of rotatable bonds is 3. The van der Waals surface area contributed by atoms with E-state index in [0.29, 0.717) is 17.4 Å². The summed E-state index contributed by atoms with van der Waals surface area (Å²) in [5.41, 5.74) is 1.57. The molecule has 0 saturated heterocycles. The van der Waals surface area contributed by atoms with Crippen molar-refractivity contribution in [2.75, 3.05) is 5.32 Å². The summed E-state index contributed by atoms with van der Waals surface area (Å²) >= 11 is 0. The molecular weight excluding hydrogens is 298 g/mol. The molecule has 0 amide bonds. The number of benzene rings is 2. The van der Waals surface area contributed by atoms with Gasteiger partial charge in [-0.3, -0.25) is 4.79 Å². The molecule has 1 aromatic heterocycles. The molecule has 4 rings (SSSR count). The lowest BCUT2D eigenvalue weighted by atomic mass is 9.96. The topological polar surface area (TPSA) is 46.9 Å². The molecule has 0 bridgehead atoms. The first-order valence-corrected chi connectivity index (χ1v) is 8.67. The lowest BCUT2D eigenvalue weighted by Crippen LogP contribution is -2.29. The summed E-state index contributed by atoms with van der Waals surface area (Å²) in [6.07, 6.45) is 6.05. The highest BCUT2D eigenvalue weighted by Gasteiger charge is 2.18. The van der Waals surface area contributed by atoms with E-state index < -0.39 is 0 Å². The molecule has 1 aliphatic carbocycles. The van der Waals surface area contributed by atoms with Crippen LogP contribution in [0.5, 0.6) is 0 Å². The minimum atomic E-state index is -0.0230. The number of nitrogens with one attached hydrogen (secondary N) is 1. The second-order valence-electron chi connectivity index (χ2n) is 6.41. The summed E-state index contributed by atoms with van der Waals surface area (Å²) in [6, 6.07) is 17.7. The fraction of sp³-hybridized carbons (Fsp3) is 0.300. The minimum absolute atomic E-state index is 0.0230. The summed E-state index contributed by atoms with van der Waals surface area (Å²) in [5.74, 6) is 0.650. The van der Waals surface area contributed by atoms with Crippen LogP contribution in [0.2, 0.25) is 0 Å². The molecule has 24 heavy (non-hydrogen) atoms. The SMILES string of the molecule is O=c1c2ccccc2nc(NC2CCCCC2)n1-c1ccccc1. The summed E-state index contributed by atoms with van der Waals surface area (Å²) < 4.78 is 1.71. The van der Waals surface area contributed by atoms with Crippen molar-refractivity contribution in [3.05, 3.63) is 65.0 Å². The van der Waals surface area contributed by atoms with Gasteiger partial charge in [0.15, 0.2) is 0 Å². The van der Waals surface area contributed by atoms with E-state index in [2.05, 4.69) is 5.32 Å². The Labute approximate surface area is 141 Å². The van der Waals surface area contributed by atoms with Gasteiger partial charge in [-0.1, -0.05) is 49.6 Å². The quantitative estimate of drug-likeness (QED) is 0.789. The average molecular weight is 319 g/mol. The summed E-state index contributed by atoms with van der Waals surface area (Å²) in [5, 5.41) is 4.18. The van der Waals surface area contributed by atoms with E-state index in [-0.39, 0.29) is 5.56 Å². The van der Waals surface area contributed by atoms with Gasteiger partial charge in [0, 0.05) is 6.04 Å². The molecule has 1 saturated carbocycles. The van der Waals surface area contributed by atoms with E-state index in [4.69, 9.17) is 4.98 Å². The zero-order valence-electron chi connectivity index (χ0n) is 13.6. The van der Waals surface area contributed by atoms with Crippen LogP contribution < -0.4 is 10.9 Å². The van der Waals surface area contributed by atoms with Crippen LogP contribution in [-0.2, 0) is 0 Å². The molecule has 4 heteroatoms. The van der Waals surface area contributed by atoms with Crippen molar-refractivity contribution in [3.63, 3.8) is 0 Å².